The van der Waals surface area contributed by atoms with E-state index in [-0.39, 0.29) is 6.42 Å². The second-order valence-electron chi connectivity index (χ2n) is 3.60. The van der Waals surface area contributed by atoms with Crippen molar-refractivity contribution in [3.63, 3.8) is 0 Å². The third-order valence-electron chi connectivity index (χ3n) is 2.44. The van der Waals surface area contributed by atoms with Crippen LogP contribution in [-0.4, -0.2) is 11.1 Å². The van der Waals surface area contributed by atoms with E-state index in [2.05, 4.69) is 13.8 Å². The Bertz CT molecular complexity index is 347. The number of aryl methyl sites for hydroxylation is 2. The zero-order valence-electron chi connectivity index (χ0n) is 9.36. The van der Waals surface area contributed by atoms with Gasteiger partial charge in [-0.25, -0.2) is 4.57 Å². The first-order valence-corrected chi connectivity index (χ1v) is 5.41. The maximum Gasteiger partial charge on any atom is 0.314 e. The quantitative estimate of drug-likeness (QED) is 0.746. The molecule has 3 heteroatoms. The Labute approximate surface area is 90.4 Å². The van der Waals surface area contributed by atoms with Crippen LogP contribution in [0.5, 0.6) is 0 Å². The molecule has 1 aromatic heterocycles. The molecular weight excluding hydrogens is 190 g/mol. The van der Waals surface area contributed by atoms with Gasteiger partial charge < -0.3 is 5.11 Å². The van der Waals surface area contributed by atoms with Crippen LogP contribution in [0, 0.1) is 0 Å². The first kappa shape index (κ1) is 11.7. The Kier molecular flexibility index (Phi) is 4.28. The molecule has 1 aromatic rings. The predicted octanol–water partition coefficient (Wildman–Crippen LogP) is 1.57. The summed E-state index contributed by atoms with van der Waals surface area (Å²) in [4.78, 5) is 10.8. The summed E-state index contributed by atoms with van der Waals surface area (Å²) in [7, 11) is 0. The van der Waals surface area contributed by atoms with Gasteiger partial charge in [0.1, 0.15) is 13.0 Å². The Morgan fingerprint density at radius 2 is 2.20 bits per heavy atom. The van der Waals surface area contributed by atoms with Gasteiger partial charge in [-0.05, 0) is 12.5 Å². The SMILES string of the molecule is CCC[n+]1cccc(CC)c1CC(=O)O. The van der Waals surface area contributed by atoms with E-state index < -0.39 is 5.97 Å². The van der Waals surface area contributed by atoms with Gasteiger partial charge in [0, 0.05) is 18.1 Å². The van der Waals surface area contributed by atoms with Crippen LogP contribution in [0.15, 0.2) is 18.3 Å². The lowest BCUT2D eigenvalue weighted by molar-refractivity contribution is -0.704. The molecule has 0 unspecified atom stereocenters. The molecule has 1 heterocycles. The molecule has 1 rings (SSSR count). The van der Waals surface area contributed by atoms with Gasteiger partial charge in [-0.15, -0.1) is 0 Å². The molecule has 15 heavy (non-hydrogen) atoms. The smallest absolute Gasteiger partial charge is 0.314 e. The summed E-state index contributed by atoms with van der Waals surface area (Å²) < 4.78 is 2.05. The number of rotatable bonds is 5. The molecule has 0 aliphatic carbocycles. The van der Waals surface area contributed by atoms with Crippen LogP contribution in [0.4, 0.5) is 0 Å². The number of carbonyl (C=O) groups is 1. The van der Waals surface area contributed by atoms with Crippen molar-refractivity contribution in [2.24, 2.45) is 0 Å². The highest BCUT2D eigenvalue weighted by molar-refractivity contribution is 5.69. The van der Waals surface area contributed by atoms with Crippen LogP contribution in [0.3, 0.4) is 0 Å². The van der Waals surface area contributed by atoms with E-state index in [1.165, 1.54) is 0 Å². The molecule has 0 atom stereocenters. The van der Waals surface area contributed by atoms with Gasteiger partial charge in [0.2, 0.25) is 0 Å². The lowest BCUT2D eigenvalue weighted by atomic mass is 10.1. The lowest BCUT2D eigenvalue weighted by Crippen LogP contribution is -2.40. The van der Waals surface area contributed by atoms with Crippen molar-refractivity contribution in [2.75, 3.05) is 0 Å². The maximum atomic E-state index is 10.8. The minimum absolute atomic E-state index is 0.115. The summed E-state index contributed by atoms with van der Waals surface area (Å²) in [5.74, 6) is -0.763. The summed E-state index contributed by atoms with van der Waals surface area (Å²) in [5, 5.41) is 8.87. The molecule has 0 aliphatic rings. The summed E-state index contributed by atoms with van der Waals surface area (Å²) >= 11 is 0. The van der Waals surface area contributed by atoms with Crippen molar-refractivity contribution in [1.82, 2.24) is 0 Å². The van der Waals surface area contributed by atoms with Crippen molar-refractivity contribution >= 4 is 5.97 Å². The minimum Gasteiger partial charge on any atom is -0.481 e. The fraction of sp³-hybridized carbons (Fsp3) is 0.500. The molecule has 1 N–H and O–H groups in total. The first-order valence-electron chi connectivity index (χ1n) is 5.41. The first-order chi connectivity index (χ1) is 7.19. The van der Waals surface area contributed by atoms with E-state index in [0.717, 1.165) is 30.6 Å². The molecule has 0 aromatic carbocycles. The van der Waals surface area contributed by atoms with E-state index in [1.54, 1.807) is 0 Å². The van der Waals surface area contributed by atoms with Crippen LogP contribution in [0.25, 0.3) is 0 Å². The molecule has 0 radical (unpaired) electrons. The van der Waals surface area contributed by atoms with Gasteiger partial charge >= 0.3 is 5.97 Å². The Morgan fingerprint density at radius 3 is 2.73 bits per heavy atom. The second kappa shape index (κ2) is 5.49. The number of hydrogen-bond acceptors (Lipinski definition) is 1. The van der Waals surface area contributed by atoms with E-state index in [1.807, 2.05) is 22.9 Å². The molecule has 0 spiro atoms. The summed E-state index contributed by atoms with van der Waals surface area (Å²) in [6.07, 6.45) is 3.97. The number of carboxylic acid groups (broad SMARTS) is 1. The number of aliphatic carboxylic acids is 1. The van der Waals surface area contributed by atoms with E-state index in [0.29, 0.717) is 0 Å². The fourth-order valence-corrected chi connectivity index (χ4v) is 1.76. The van der Waals surface area contributed by atoms with Crippen LogP contribution < -0.4 is 4.57 Å². The Balaban J connectivity index is 3.08. The van der Waals surface area contributed by atoms with Crippen molar-refractivity contribution in [1.29, 1.82) is 0 Å². The van der Waals surface area contributed by atoms with E-state index >= 15 is 0 Å². The van der Waals surface area contributed by atoms with E-state index in [9.17, 15) is 4.79 Å². The topological polar surface area (TPSA) is 41.2 Å². The van der Waals surface area contributed by atoms with Crippen molar-refractivity contribution < 1.29 is 14.5 Å². The van der Waals surface area contributed by atoms with Crippen LogP contribution in [-0.2, 0) is 24.2 Å². The number of pyridine rings is 1. The second-order valence-corrected chi connectivity index (χ2v) is 3.60. The zero-order valence-corrected chi connectivity index (χ0v) is 9.36. The molecule has 0 fully saturated rings. The predicted molar refractivity (Wildman–Crippen MR) is 57.6 cm³/mol. The molecule has 0 saturated heterocycles. The molecule has 0 saturated carbocycles. The minimum atomic E-state index is -0.763. The van der Waals surface area contributed by atoms with Gasteiger partial charge in [-0.3, -0.25) is 4.79 Å². The highest BCUT2D eigenvalue weighted by atomic mass is 16.4. The van der Waals surface area contributed by atoms with Gasteiger partial charge in [0.05, 0.1) is 0 Å². The van der Waals surface area contributed by atoms with Gasteiger partial charge in [0.25, 0.3) is 0 Å². The van der Waals surface area contributed by atoms with Crippen LogP contribution in [0.2, 0.25) is 0 Å². The van der Waals surface area contributed by atoms with Crippen molar-refractivity contribution in [3.8, 4) is 0 Å². The van der Waals surface area contributed by atoms with Crippen molar-refractivity contribution in [2.45, 2.75) is 39.7 Å². The van der Waals surface area contributed by atoms with E-state index in [4.69, 9.17) is 5.11 Å². The molecular formula is C12H18NO2+. The summed E-state index contributed by atoms with van der Waals surface area (Å²) in [5.41, 5.74) is 2.07. The third kappa shape index (κ3) is 3.05. The standard InChI is InChI=1S/C12H17NO2/c1-3-7-13-8-5-6-10(4-2)11(13)9-12(14)15/h5-6,8H,3-4,7,9H2,1-2H3/p+1. The largest absolute Gasteiger partial charge is 0.481 e. The molecule has 82 valence electrons. The van der Waals surface area contributed by atoms with Gasteiger partial charge in [0.15, 0.2) is 11.9 Å². The molecule has 0 bridgehead atoms. The lowest BCUT2D eigenvalue weighted by Gasteiger charge is -2.05. The molecule has 3 nitrogen and oxygen atoms in total. The number of hydrogen-bond donors (Lipinski definition) is 1. The van der Waals surface area contributed by atoms with Gasteiger partial charge in [-0.2, -0.15) is 0 Å². The molecule has 0 aliphatic heterocycles. The highest BCUT2D eigenvalue weighted by Gasteiger charge is 2.17. The highest BCUT2D eigenvalue weighted by Crippen LogP contribution is 2.06. The fourth-order valence-electron chi connectivity index (χ4n) is 1.76. The zero-order chi connectivity index (χ0) is 11.3. The number of nitrogens with zero attached hydrogens (tertiary/aromatic N) is 1. The van der Waals surface area contributed by atoms with Gasteiger partial charge in [-0.1, -0.05) is 13.8 Å². The monoisotopic (exact) mass is 208 g/mol. The number of carboxylic acids is 1. The summed E-state index contributed by atoms with van der Waals surface area (Å²) in [6.45, 7) is 5.03. The number of aromatic nitrogens is 1. The van der Waals surface area contributed by atoms with Crippen LogP contribution in [0.1, 0.15) is 31.5 Å². The Morgan fingerprint density at radius 1 is 1.47 bits per heavy atom. The average Bonchev–Trinajstić information content (AvgIpc) is 2.20. The maximum absolute atomic E-state index is 10.8. The average molecular weight is 208 g/mol. The Hall–Kier alpha value is -1.38. The van der Waals surface area contributed by atoms with Crippen LogP contribution >= 0.6 is 0 Å². The normalized spacial score (nSPS) is 10.3. The summed E-state index contributed by atoms with van der Waals surface area (Å²) in [6, 6.07) is 3.99. The van der Waals surface area contributed by atoms with Crippen molar-refractivity contribution in [3.05, 3.63) is 29.6 Å². The molecule has 0 amide bonds. The third-order valence-corrected chi connectivity index (χ3v) is 2.44.